The number of H-pyrrole nitrogens is 1. The molecular weight excluding hydrogens is 226 g/mol. The van der Waals surface area contributed by atoms with Gasteiger partial charge in [-0.05, 0) is 43.7 Å². The first-order valence-corrected chi connectivity index (χ1v) is 6.42. The van der Waals surface area contributed by atoms with Crippen molar-refractivity contribution in [2.45, 2.75) is 18.9 Å². The van der Waals surface area contributed by atoms with Crippen LogP contribution in [0, 0.1) is 0 Å². The van der Waals surface area contributed by atoms with Gasteiger partial charge in [0, 0.05) is 35.2 Å². The third-order valence-electron chi connectivity index (χ3n) is 3.45. The number of benzene rings is 1. The van der Waals surface area contributed by atoms with Gasteiger partial charge < -0.3 is 15.6 Å². The highest BCUT2D eigenvalue weighted by molar-refractivity contribution is 5.98. The van der Waals surface area contributed by atoms with E-state index in [1.54, 1.807) is 0 Å². The fraction of sp³-hybridized carbons (Fsp3) is 0.357. The van der Waals surface area contributed by atoms with Gasteiger partial charge in [-0.15, -0.1) is 0 Å². The Morgan fingerprint density at radius 3 is 3.11 bits per heavy atom. The molecule has 0 radical (unpaired) electrons. The van der Waals surface area contributed by atoms with Crippen LogP contribution in [0.1, 0.15) is 23.2 Å². The lowest BCUT2D eigenvalue weighted by Crippen LogP contribution is -2.45. The largest absolute Gasteiger partial charge is 0.361 e. The maximum absolute atomic E-state index is 12.1. The van der Waals surface area contributed by atoms with Crippen LogP contribution in [-0.2, 0) is 0 Å². The van der Waals surface area contributed by atoms with Crippen molar-refractivity contribution >= 4 is 16.8 Å². The van der Waals surface area contributed by atoms with Crippen LogP contribution in [0.5, 0.6) is 0 Å². The van der Waals surface area contributed by atoms with Gasteiger partial charge in [0.05, 0.1) is 0 Å². The van der Waals surface area contributed by atoms with Crippen LogP contribution in [0.4, 0.5) is 0 Å². The zero-order chi connectivity index (χ0) is 12.4. The summed E-state index contributed by atoms with van der Waals surface area (Å²) in [4.78, 5) is 15.3. The molecule has 0 saturated carbocycles. The molecule has 94 valence electrons. The molecule has 18 heavy (non-hydrogen) atoms. The van der Waals surface area contributed by atoms with Gasteiger partial charge in [0.15, 0.2) is 0 Å². The average Bonchev–Trinajstić information content (AvgIpc) is 2.87. The summed E-state index contributed by atoms with van der Waals surface area (Å²) in [7, 11) is 0. The molecule has 1 amide bonds. The number of aromatic nitrogens is 1. The Balaban J connectivity index is 1.74. The second kappa shape index (κ2) is 4.82. The van der Waals surface area contributed by atoms with Crippen molar-refractivity contribution in [3.05, 3.63) is 36.0 Å². The second-order valence-corrected chi connectivity index (χ2v) is 4.80. The highest BCUT2D eigenvalue weighted by atomic mass is 16.1. The summed E-state index contributed by atoms with van der Waals surface area (Å²) < 4.78 is 0. The highest BCUT2D eigenvalue weighted by Gasteiger charge is 2.16. The molecule has 4 nitrogen and oxygen atoms in total. The first kappa shape index (κ1) is 11.3. The monoisotopic (exact) mass is 243 g/mol. The molecule has 1 aliphatic heterocycles. The molecule has 1 fully saturated rings. The molecule has 2 aromatic rings. The Bertz CT molecular complexity index is 555. The van der Waals surface area contributed by atoms with Gasteiger partial charge in [-0.2, -0.15) is 0 Å². The number of hydrogen-bond acceptors (Lipinski definition) is 2. The number of hydrogen-bond donors (Lipinski definition) is 3. The Labute approximate surface area is 106 Å². The Kier molecular flexibility index (Phi) is 3.02. The van der Waals surface area contributed by atoms with E-state index in [4.69, 9.17) is 0 Å². The van der Waals surface area contributed by atoms with Crippen molar-refractivity contribution in [1.29, 1.82) is 0 Å². The van der Waals surface area contributed by atoms with E-state index in [1.165, 1.54) is 0 Å². The fourth-order valence-corrected chi connectivity index (χ4v) is 2.44. The number of piperidine rings is 1. The Hall–Kier alpha value is -1.81. The molecular formula is C14H17N3O. The molecule has 1 aromatic heterocycles. The highest BCUT2D eigenvalue weighted by Crippen LogP contribution is 2.14. The van der Waals surface area contributed by atoms with Crippen LogP contribution in [-0.4, -0.2) is 30.0 Å². The van der Waals surface area contributed by atoms with Crippen molar-refractivity contribution in [2.24, 2.45) is 0 Å². The maximum Gasteiger partial charge on any atom is 0.251 e. The van der Waals surface area contributed by atoms with Gasteiger partial charge in [-0.1, -0.05) is 0 Å². The number of fused-ring (bicyclic) bond motifs is 1. The van der Waals surface area contributed by atoms with Crippen molar-refractivity contribution in [1.82, 2.24) is 15.6 Å². The average molecular weight is 243 g/mol. The van der Waals surface area contributed by atoms with E-state index in [0.717, 1.165) is 42.4 Å². The molecule has 1 aromatic carbocycles. The van der Waals surface area contributed by atoms with Crippen LogP contribution < -0.4 is 10.6 Å². The first-order valence-electron chi connectivity index (χ1n) is 6.42. The topological polar surface area (TPSA) is 56.9 Å². The van der Waals surface area contributed by atoms with Crippen molar-refractivity contribution in [3.8, 4) is 0 Å². The number of amides is 1. The molecule has 0 bridgehead atoms. The number of aromatic amines is 1. The minimum absolute atomic E-state index is 0.0202. The molecule has 1 aliphatic rings. The van der Waals surface area contributed by atoms with E-state index in [0.29, 0.717) is 0 Å². The predicted molar refractivity (Wildman–Crippen MR) is 71.7 cm³/mol. The van der Waals surface area contributed by atoms with Crippen LogP contribution >= 0.6 is 0 Å². The van der Waals surface area contributed by atoms with E-state index in [1.807, 2.05) is 30.5 Å². The van der Waals surface area contributed by atoms with Gasteiger partial charge in [0.1, 0.15) is 0 Å². The second-order valence-electron chi connectivity index (χ2n) is 4.80. The van der Waals surface area contributed by atoms with E-state index in [9.17, 15) is 4.79 Å². The molecule has 4 heteroatoms. The summed E-state index contributed by atoms with van der Waals surface area (Å²) in [6.07, 6.45) is 4.07. The third-order valence-corrected chi connectivity index (χ3v) is 3.45. The molecule has 0 spiro atoms. The van der Waals surface area contributed by atoms with Gasteiger partial charge in [-0.25, -0.2) is 0 Å². The lowest BCUT2D eigenvalue weighted by molar-refractivity contribution is 0.0931. The van der Waals surface area contributed by atoms with Gasteiger partial charge >= 0.3 is 0 Å². The number of rotatable bonds is 2. The fourth-order valence-electron chi connectivity index (χ4n) is 2.44. The molecule has 3 N–H and O–H groups in total. The minimum atomic E-state index is 0.0202. The molecule has 2 heterocycles. The summed E-state index contributed by atoms with van der Waals surface area (Å²) in [6, 6.07) is 7.98. The lowest BCUT2D eigenvalue weighted by Gasteiger charge is -2.23. The van der Waals surface area contributed by atoms with Crippen LogP contribution in [0.3, 0.4) is 0 Å². The van der Waals surface area contributed by atoms with Gasteiger partial charge in [0.25, 0.3) is 5.91 Å². The molecule has 1 saturated heterocycles. The molecule has 1 atom stereocenters. The van der Waals surface area contributed by atoms with E-state index >= 15 is 0 Å². The smallest absolute Gasteiger partial charge is 0.251 e. The lowest BCUT2D eigenvalue weighted by atomic mass is 10.1. The van der Waals surface area contributed by atoms with E-state index in [2.05, 4.69) is 15.6 Å². The summed E-state index contributed by atoms with van der Waals surface area (Å²) in [5.74, 6) is 0.0202. The van der Waals surface area contributed by atoms with Crippen molar-refractivity contribution in [3.63, 3.8) is 0 Å². The zero-order valence-electron chi connectivity index (χ0n) is 10.2. The Morgan fingerprint density at radius 2 is 2.28 bits per heavy atom. The molecule has 0 unspecified atom stereocenters. The van der Waals surface area contributed by atoms with E-state index < -0.39 is 0 Å². The van der Waals surface area contributed by atoms with Crippen molar-refractivity contribution < 1.29 is 4.79 Å². The number of carbonyl (C=O) groups excluding carboxylic acids is 1. The summed E-state index contributed by atoms with van der Waals surface area (Å²) >= 11 is 0. The third kappa shape index (κ3) is 2.24. The number of carbonyl (C=O) groups is 1. The normalized spacial score (nSPS) is 19.9. The zero-order valence-corrected chi connectivity index (χ0v) is 10.2. The summed E-state index contributed by atoms with van der Waals surface area (Å²) in [5.41, 5.74) is 1.79. The van der Waals surface area contributed by atoms with Crippen molar-refractivity contribution in [2.75, 3.05) is 13.1 Å². The Morgan fingerprint density at radius 1 is 1.33 bits per heavy atom. The molecule has 3 rings (SSSR count). The summed E-state index contributed by atoms with van der Waals surface area (Å²) in [6.45, 7) is 1.93. The summed E-state index contributed by atoms with van der Waals surface area (Å²) in [5, 5.41) is 7.45. The van der Waals surface area contributed by atoms with Crippen LogP contribution in [0.2, 0.25) is 0 Å². The number of nitrogens with one attached hydrogen (secondary N) is 3. The van der Waals surface area contributed by atoms with Crippen LogP contribution in [0.25, 0.3) is 10.9 Å². The minimum Gasteiger partial charge on any atom is -0.361 e. The molecule has 0 aliphatic carbocycles. The standard InChI is InChI=1S/C14H17N3O/c18-14(17-12-2-1-6-15-9-12)11-3-4-13-10(8-11)5-7-16-13/h3-5,7-8,12,15-16H,1-2,6,9H2,(H,17,18)/t12-/m1/s1. The maximum atomic E-state index is 12.1. The predicted octanol–water partition coefficient (Wildman–Crippen LogP) is 1.65. The quantitative estimate of drug-likeness (QED) is 0.751. The van der Waals surface area contributed by atoms with E-state index in [-0.39, 0.29) is 11.9 Å². The first-order chi connectivity index (χ1) is 8.83. The SMILES string of the molecule is O=C(N[C@@H]1CCCNC1)c1ccc2[nH]ccc2c1. The van der Waals surface area contributed by atoms with Crippen LogP contribution in [0.15, 0.2) is 30.5 Å². The van der Waals surface area contributed by atoms with Gasteiger partial charge in [-0.3, -0.25) is 4.79 Å². The van der Waals surface area contributed by atoms with Gasteiger partial charge in [0.2, 0.25) is 0 Å².